The molecule has 0 radical (unpaired) electrons. The van der Waals surface area contributed by atoms with Crippen molar-refractivity contribution >= 4 is 34.3 Å². The fraction of sp³-hybridized carbons (Fsp3) is 0.222. The summed E-state index contributed by atoms with van der Waals surface area (Å²) in [6.45, 7) is 5.51. The topological polar surface area (TPSA) is 105 Å². The highest BCUT2D eigenvalue weighted by atomic mass is 16.6. The van der Waals surface area contributed by atoms with Crippen LogP contribution in [0.5, 0.6) is 5.75 Å². The summed E-state index contributed by atoms with van der Waals surface area (Å²) < 4.78 is 10.5. The summed E-state index contributed by atoms with van der Waals surface area (Å²) in [5, 5.41) is 5.91. The second-order valence-corrected chi connectivity index (χ2v) is 9.02. The summed E-state index contributed by atoms with van der Waals surface area (Å²) in [5.41, 5.74) is 3.89. The molecule has 1 aromatic heterocycles. The molecule has 0 fully saturated rings. The predicted octanol–water partition coefficient (Wildman–Crippen LogP) is 5.24. The molecule has 0 saturated heterocycles. The van der Waals surface area contributed by atoms with Crippen molar-refractivity contribution in [3.05, 3.63) is 72.3 Å². The number of carbonyl (C=O) groups is 2. The lowest BCUT2D eigenvalue weighted by molar-refractivity contribution is -0.152. The molecule has 0 aliphatic heterocycles. The van der Waals surface area contributed by atoms with Crippen LogP contribution < -0.4 is 15.4 Å². The van der Waals surface area contributed by atoms with E-state index in [9.17, 15) is 9.59 Å². The number of nitrogens with one attached hydrogen (secondary N) is 3. The molecule has 1 amide bonds. The minimum atomic E-state index is -0.531. The summed E-state index contributed by atoms with van der Waals surface area (Å²) in [7, 11) is 1.63. The summed E-state index contributed by atoms with van der Waals surface area (Å²) >= 11 is 0. The minimum absolute atomic E-state index is 0.0471. The first-order valence-corrected chi connectivity index (χ1v) is 11.2. The van der Waals surface area contributed by atoms with Gasteiger partial charge in [0.15, 0.2) is 0 Å². The van der Waals surface area contributed by atoms with E-state index in [1.54, 1.807) is 31.4 Å². The lowest BCUT2D eigenvalue weighted by Gasteiger charge is -2.19. The summed E-state index contributed by atoms with van der Waals surface area (Å²) in [6, 6.07) is 20.1. The molecule has 35 heavy (non-hydrogen) atoms. The minimum Gasteiger partial charge on any atom is -0.497 e. The number of aromatic amines is 1. The van der Waals surface area contributed by atoms with Gasteiger partial charge in [0.2, 0.25) is 0 Å². The number of benzene rings is 3. The molecule has 180 valence electrons. The first kappa shape index (κ1) is 23.8. The second kappa shape index (κ2) is 9.89. The van der Waals surface area contributed by atoms with E-state index in [4.69, 9.17) is 9.47 Å². The highest BCUT2D eigenvalue weighted by molar-refractivity contribution is 6.05. The zero-order chi connectivity index (χ0) is 25.0. The van der Waals surface area contributed by atoms with Gasteiger partial charge in [0.1, 0.15) is 23.7 Å². The van der Waals surface area contributed by atoms with Gasteiger partial charge < -0.3 is 25.1 Å². The molecule has 0 spiro atoms. The van der Waals surface area contributed by atoms with Gasteiger partial charge in [-0.1, -0.05) is 0 Å². The predicted molar refractivity (Wildman–Crippen MR) is 137 cm³/mol. The highest BCUT2D eigenvalue weighted by Crippen LogP contribution is 2.25. The van der Waals surface area contributed by atoms with Crippen molar-refractivity contribution in [2.75, 3.05) is 24.3 Å². The molecule has 4 aromatic rings. The summed E-state index contributed by atoms with van der Waals surface area (Å²) in [6.07, 6.45) is 0. The maximum absolute atomic E-state index is 12.7. The number of aromatic nitrogens is 2. The van der Waals surface area contributed by atoms with Gasteiger partial charge in [0.25, 0.3) is 5.91 Å². The Kier molecular flexibility index (Phi) is 6.73. The van der Waals surface area contributed by atoms with Crippen LogP contribution in [-0.4, -0.2) is 41.1 Å². The van der Waals surface area contributed by atoms with E-state index in [1.165, 1.54) is 0 Å². The number of rotatable bonds is 7. The van der Waals surface area contributed by atoms with E-state index in [0.717, 1.165) is 33.9 Å². The maximum atomic E-state index is 12.7. The van der Waals surface area contributed by atoms with E-state index in [0.29, 0.717) is 11.3 Å². The molecule has 0 saturated carbocycles. The van der Waals surface area contributed by atoms with Crippen molar-refractivity contribution in [2.24, 2.45) is 0 Å². The Balaban J connectivity index is 1.39. The number of hydrogen-bond donors (Lipinski definition) is 3. The van der Waals surface area contributed by atoms with Crippen LogP contribution in [-0.2, 0) is 9.53 Å². The van der Waals surface area contributed by atoms with Gasteiger partial charge in [0.05, 0.1) is 18.1 Å². The molecule has 8 heteroatoms. The van der Waals surface area contributed by atoms with Crippen LogP contribution in [0.1, 0.15) is 31.1 Å². The summed E-state index contributed by atoms with van der Waals surface area (Å²) in [5.74, 6) is 0.934. The van der Waals surface area contributed by atoms with Crippen LogP contribution in [0.3, 0.4) is 0 Å². The molecule has 4 rings (SSSR count). The van der Waals surface area contributed by atoms with E-state index in [-0.39, 0.29) is 18.4 Å². The summed E-state index contributed by atoms with van der Waals surface area (Å²) in [4.78, 5) is 32.5. The average molecular weight is 473 g/mol. The Morgan fingerprint density at radius 3 is 2.29 bits per heavy atom. The third kappa shape index (κ3) is 6.17. The number of nitrogens with zero attached hydrogens (tertiary/aromatic N) is 1. The molecule has 0 atom stereocenters. The van der Waals surface area contributed by atoms with Gasteiger partial charge in [-0.3, -0.25) is 9.59 Å². The Hall–Kier alpha value is -4.33. The standard InChI is InChI=1S/C27H28N4O4/c1-27(2,3)35-24(32)16-28-19-9-5-18(6-10-19)26(33)29-20-11-14-22-23(15-20)31-25(30-22)17-7-12-21(34-4)13-8-17/h5-15,28H,16H2,1-4H3,(H,29,33)(H,30,31). The normalized spacial score (nSPS) is 11.2. The third-order valence-corrected chi connectivity index (χ3v) is 5.11. The zero-order valence-electron chi connectivity index (χ0n) is 20.1. The van der Waals surface area contributed by atoms with Crippen molar-refractivity contribution < 1.29 is 19.1 Å². The number of hydrogen-bond acceptors (Lipinski definition) is 6. The SMILES string of the molecule is COc1ccc(-c2nc3ccc(NC(=O)c4ccc(NCC(=O)OC(C)(C)C)cc4)cc3[nH]2)cc1. The van der Waals surface area contributed by atoms with Gasteiger partial charge in [-0.05, 0) is 87.5 Å². The molecule has 3 N–H and O–H groups in total. The van der Waals surface area contributed by atoms with Crippen LogP contribution in [0.2, 0.25) is 0 Å². The number of anilines is 2. The highest BCUT2D eigenvalue weighted by Gasteiger charge is 2.16. The first-order valence-electron chi connectivity index (χ1n) is 11.2. The Bertz CT molecular complexity index is 1340. The van der Waals surface area contributed by atoms with Gasteiger partial charge in [-0.15, -0.1) is 0 Å². The van der Waals surface area contributed by atoms with Gasteiger partial charge in [0, 0.05) is 22.5 Å². The lowest BCUT2D eigenvalue weighted by Crippen LogP contribution is -2.28. The molecule has 1 heterocycles. The number of carbonyl (C=O) groups excluding carboxylic acids is 2. The number of amides is 1. The van der Waals surface area contributed by atoms with E-state index in [1.807, 2.05) is 63.2 Å². The van der Waals surface area contributed by atoms with Crippen LogP contribution in [0.15, 0.2) is 66.7 Å². The van der Waals surface area contributed by atoms with Crippen LogP contribution in [0.4, 0.5) is 11.4 Å². The van der Waals surface area contributed by atoms with Crippen molar-refractivity contribution in [3.8, 4) is 17.1 Å². The molecule has 0 bridgehead atoms. The lowest BCUT2D eigenvalue weighted by atomic mass is 10.2. The van der Waals surface area contributed by atoms with Gasteiger partial charge >= 0.3 is 5.97 Å². The van der Waals surface area contributed by atoms with Crippen molar-refractivity contribution in [1.29, 1.82) is 0 Å². The average Bonchev–Trinajstić information content (AvgIpc) is 3.25. The molecular formula is C27H28N4O4. The molecule has 8 nitrogen and oxygen atoms in total. The van der Waals surface area contributed by atoms with Crippen LogP contribution in [0, 0.1) is 0 Å². The molecule has 0 aliphatic rings. The quantitative estimate of drug-likeness (QED) is 0.318. The monoisotopic (exact) mass is 472 g/mol. The zero-order valence-corrected chi connectivity index (χ0v) is 20.1. The largest absolute Gasteiger partial charge is 0.497 e. The van der Waals surface area contributed by atoms with Crippen LogP contribution in [0.25, 0.3) is 22.4 Å². The molecule has 0 aliphatic carbocycles. The molecule has 0 unspecified atom stereocenters. The number of methoxy groups -OCH3 is 1. The Morgan fingerprint density at radius 2 is 1.63 bits per heavy atom. The number of ether oxygens (including phenoxy) is 2. The second-order valence-electron chi connectivity index (χ2n) is 9.02. The maximum Gasteiger partial charge on any atom is 0.325 e. The van der Waals surface area contributed by atoms with Gasteiger partial charge in [-0.25, -0.2) is 4.98 Å². The third-order valence-electron chi connectivity index (χ3n) is 5.11. The van der Waals surface area contributed by atoms with E-state index < -0.39 is 5.60 Å². The number of H-pyrrole nitrogens is 1. The number of imidazole rings is 1. The van der Waals surface area contributed by atoms with E-state index >= 15 is 0 Å². The van der Waals surface area contributed by atoms with Crippen molar-refractivity contribution in [3.63, 3.8) is 0 Å². The van der Waals surface area contributed by atoms with Crippen molar-refractivity contribution in [2.45, 2.75) is 26.4 Å². The fourth-order valence-electron chi connectivity index (χ4n) is 3.47. The molecular weight excluding hydrogens is 444 g/mol. The smallest absolute Gasteiger partial charge is 0.325 e. The Labute approximate surface area is 203 Å². The van der Waals surface area contributed by atoms with Crippen LogP contribution >= 0.6 is 0 Å². The van der Waals surface area contributed by atoms with Gasteiger partial charge in [-0.2, -0.15) is 0 Å². The first-order chi connectivity index (χ1) is 16.7. The number of fused-ring (bicyclic) bond motifs is 1. The molecule has 3 aromatic carbocycles. The number of esters is 1. The van der Waals surface area contributed by atoms with Crippen molar-refractivity contribution in [1.82, 2.24) is 9.97 Å². The van der Waals surface area contributed by atoms with E-state index in [2.05, 4.69) is 20.6 Å². The fourth-order valence-corrected chi connectivity index (χ4v) is 3.47. The Morgan fingerprint density at radius 1 is 0.943 bits per heavy atom.